The maximum atomic E-state index is 13.7. The smallest absolute Gasteiger partial charge is 0.339 e. The predicted octanol–water partition coefficient (Wildman–Crippen LogP) is 4.59. The third-order valence-corrected chi connectivity index (χ3v) is 7.95. The number of carbonyl (C=O) groups excluding carboxylic acids is 2. The Morgan fingerprint density at radius 3 is 2.72 bits per heavy atom. The lowest BCUT2D eigenvalue weighted by molar-refractivity contribution is -0.0389. The number of aromatic nitrogens is 1. The first-order chi connectivity index (χ1) is 17.3. The fraction of sp³-hybridized carbons (Fsp3) is 0.385. The number of benzene rings is 2. The molecule has 2 aromatic carbocycles. The molecular formula is C26H24Cl2FN3O4. The molecule has 36 heavy (non-hydrogen) atoms. The van der Waals surface area contributed by atoms with Gasteiger partial charge in [0.15, 0.2) is 0 Å². The number of halogens is 3. The molecule has 0 saturated carbocycles. The summed E-state index contributed by atoms with van der Waals surface area (Å²) in [6.45, 7) is 3.18. The van der Waals surface area contributed by atoms with Crippen molar-refractivity contribution in [3.63, 3.8) is 0 Å². The van der Waals surface area contributed by atoms with Crippen molar-refractivity contribution in [1.82, 2.24) is 13.9 Å². The first-order valence-electron chi connectivity index (χ1n) is 12.0. The lowest BCUT2D eigenvalue weighted by Gasteiger charge is -2.38. The van der Waals surface area contributed by atoms with Crippen LogP contribution in [0.1, 0.15) is 39.1 Å². The number of likely N-dealkylation sites (tertiary alicyclic amines) is 1. The number of amides is 1. The van der Waals surface area contributed by atoms with E-state index < -0.39 is 17.4 Å². The fourth-order valence-electron chi connectivity index (χ4n) is 5.58. The molecule has 0 N–H and O–H groups in total. The van der Waals surface area contributed by atoms with Crippen molar-refractivity contribution in [2.45, 2.75) is 31.1 Å². The number of hydrogen-bond acceptors (Lipinski definition) is 5. The van der Waals surface area contributed by atoms with Crippen LogP contribution in [0.15, 0.2) is 42.6 Å². The van der Waals surface area contributed by atoms with Crippen LogP contribution >= 0.6 is 23.4 Å². The van der Waals surface area contributed by atoms with Crippen LogP contribution in [-0.4, -0.2) is 64.7 Å². The van der Waals surface area contributed by atoms with E-state index in [-0.39, 0.29) is 17.6 Å². The second kappa shape index (κ2) is 9.03. The van der Waals surface area contributed by atoms with Crippen LogP contribution in [0, 0.1) is 5.82 Å². The molecule has 1 aromatic heterocycles. The maximum Gasteiger partial charge on any atom is 0.339 e. The zero-order chi connectivity index (χ0) is 25.0. The largest absolute Gasteiger partial charge is 0.450 e. The van der Waals surface area contributed by atoms with Gasteiger partial charge < -0.3 is 18.9 Å². The number of rotatable bonds is 3. The van der Waals surface area contributed by atoms with Gasteiger partial charge in [-0.25, -0.2) is 13.6 Å². The van der Waals surface area contributed by atoms with Gasteiger partial charge in [0.1, 0.15) is 11.4 Å². The van der Waals surface area contributed by atoms with Crippen molar-refractivity contribution in [1.29, 1.82) is 0 Å². The molecule has 10 heteroatoms. The minimum absolute atomic E-state index is 0.0943. The van der Waals surface area contributed by atoms with E-state index in [1.807, 2.05) is 22.9 Å². The molecule has 2 saturated heterocycles. The lowest BCUT2D eigenvalue weighted by atomic mass is 9.83. The molecular weight excluding hydrogens is 508 g/mol. The Hall–Kier alpha value is -2.65. The fourth-order valence-corrected chi connectivity index (χ4v) is 5.97. The molecule has 3 aromatic rings. The van der Waals surface area contributed by atoms with Gasteiger partial charge in [0.2, 0.25) is 0 Å². The topological polar surface area (TPSA) is 64.0 Å². The maximum absolute atomic E-state index is 13.7. The van der Waals surface area contributed by atoms with Gasteiger partial charge in [-0.3, -0.25) is 4.79 Å². The van der Waals surface area contributed by atoms with Gasteiger partial charge in [-0.2, -0.15) is 0 Å². The zero-order valence-corrected chi connectivity index (χ0v) is 20.9. The zero-order valence-electron chi connectivity index (χ0n) is 19.4. The highest BCUT2D eigenvalue weighted by atomic mass is 35.5. The standard InChI is InChI=1S/C26H24Cl2FN3O4/c27-16-1-3-19-21(15-31(23(19)11-16)13-18-14-32(28)9-10-35-18)24(33)30-7-5-26(6-8-30)22-4-2-17(29)12-20(22)25(34)36-26/h1-4,11-12,15,18H,5-10,13-14H2. The van der Waals surface area contributed by atoms with Crippen molar-refractivity contribution in [3.05, 3.63) is 70.1 Å². The summed E-state index contributed by atoms with van der Waals surface area (Å²) >= 11 is 12.5. The molecule has 1 atom stereocenters. The van der Waals surface area contributed by atoms with Gasteiger partial charge in [0.05, 0.1) is 35.9 Å². The summed E-state index contributed by atoms with van der Waals surface area (Å²) in [6.07, 6.45) is 2.66. The number of morpholine rings is 1. The highest BCUT2D eigenvalue weighted by Crippen LogP contribution is 2.44. The molecule has 6 rings (SSSR count). The third-order valence-electron chi connectivity index (χ3n) is 7.40. The van der Waals surface area contributed by atoms with Crippen molar-refractivity contribution in [3.8, 4) is 0 Å². The summed E-state index contributed by atoms with van der Waals surface area (Å²) in [5, 5.41) is 1.40. The van der Waals surface area contributed by atoms with E-state index in [2.05, 4.69) is 0 Å². The molecule has 0 bridgehead atoms. The van der Waals surface area contributed by atoms with Crippen LogP contribution in [0.5, 0.6) is 0 Å². The molecule has 4 heterocycles. The summed E-state index contributed by atoms with van der Waals surface area (Å²) in [4.78, 5) is 27.8. The number of ether oxygens (including phenoxy) is 2. The van der Waals surface area contributed by atoms with E-state index in [1.54, 1.807) is 21.5 Å². The Bertz CT molecular complexity index is 1370. The van der Waals surface area contributed by atoms with Crippen molar-refractivity contribution in [2.75, 3.05) is 32.8 Å². The lowest BCUT2D eigenvalue weighted by Crippen LogP contribution is -2.45. The van der Waals surface area contributed by atoms with Crippen LogP contribution in [0.2, 0.25) is 5.02 Å². The molecule has 188 valence electrons. The Morgan fingerprint density at radius 2 is 1.94 bits per heavy atom. The van der Waals surface area contributed by atoms with Crippen LogP contribution in [0.4, 0.5) is 4.39 Å². The van der Waals surface area contributed by atoms with Crippen LogP contribution < -0.4 is 0 Å². The van der Waals surface area contributed by atoms with Crippen molar-refractivity contribution in [2.24, 2.45) is 0 Å². The molecule has 3 aliphatic heterocycles. The molecule has 3 aliphatic rings. The average molecular weight is 532 g/mol. The quantitative estimate of drug-likeness (QED) is 0.365. The van der Waals surface area contributed by atoms with Gasteiger partial charge in [0, 0.05) is 61.2 Å². The van der Waals surface area contributed by atoms with Gasteiger partial charge >= 0.3 is 5.97 Å². The highest BCUT2D eigenvalue weighted by Gasteiger charge is 2.48. The average Bonchev–Trinajstić information content (AvgIpc) is 3.33. The Labute approximate surface area is 217 Å². The molecule has 7 nitrogen and oxygen atoms in total. The number of piperidine rings is 1. The van der Waals surface area contributed by atoms with Crippen LogP contribution in [-0.2, 0) is 21.6 Å². The number of esters is 1. The molecule has 0 radical (unpaired) electrons. The third kappa shape index (κ3) is 4.06. The van der Waals surface area contributed by atoms with Gasteiger partial charge in [-0.05, 0) is 36.0 Å². The minimum Gasteiger partial charge on any atom is -0.450 e. The molecule has 2 fully saturated rings. The second-order valence-electron chi connectivity index (χ2n) is 9.58. The van der Waals surface area contributed by atoms with Crippen LogP contribution in [0.3, 0.4) is 0 Å². The Balaban J connectivity index is 1.25. The normalized spacial score (nSPS) is 21.7. The van der Waals surface area contributed by atoms with Gasteiger partial charge in [-0.15, -0.1) is 0 Å². The van der Waals surface area contributed by atoms with Gasteiger partial charge in [0.25, 0.3) is 5.91 Å². The van der Waals surface area contributed by atoms with E-state index in [4.69, 9.17) is 32.9 Å². The molecule has 1 spiro atoms. The first kappa shape index (κ1) is 23.7. The molecule has 0 aliphatic carbocycles. The SMILES string of the molecule is O=C1OC2(CCN(C(=O)c3cn(CC4CN(Cl)CCO4)c4cc(Cl)ccc34)CC2)c2ccc(F)cc21. The summed E-state index contributed by atoms with van der Waals surface area (Å²) in [5.41, 5.74) is 1.60. The van der Waals surface area contributed by atoms with E-state index >= 15 is 0 Å². The highest BCUT2D eigenvalue weighted by molar-refractivity contribution is 6.31. The number of nitrogens with zero attached hydrogens (tertiary/aromatic N) is 3. The Morgan fingerprint density at radius 1 is 1.14 bits per heavy atom. The van der Waals surface area contributed by atoms with Crippen molar-refractivity contribution < 1.29 is 23.5 Å². The second-order valence-corrected chi connectivity index (χ2v) is 10.5. The van der Waals surface area contributed by atoms with Crippen LogP contribution in [0.25, 0.3) is 10.9 Å². The van der Waals surface area contributed by atoms with Gasteiger partial charge in [-0.1, -0.05) is 23.7 Å². The number of hydrogen-bond donors (Lipinski definition) is 0. The number of fused-ring (bicyclic) bond motifs is 3. The number of carbonyl (C=O) groups is 2. The van der Waals surface area contributed by atoms with Crippen molar-refractivity contribution >= 4 is 46.2 Å². The van der Waals surface area contributed by atoms with E-state index in [1.165, 1.54) is 12.1 Å². The predicted molar refractivity (Wildman–Crippen MR) is 133 cm³/mol. The van der Waals surface area contributed by atoms with E-state index in [0.717, 1.165) is 10.9 Å². The monoisotopic (exact) mass is 531 g/mol. The summed E-state index contributed by atoms with van der Waals surface area (Å²) < 4.78 is 29.0. The van der Waals surface area contributed by atoms with E-state index in [9.17, 15) is 14.0 Å². The summed E-state index contributed by atoms with van der Waals surface area (Å²) in [6, 6.07) is 9.70. The van der Waals surface area contributed by atoms with E-state index in [0.29, 0.717) is 68.3 Å². The molecule has 1 unspecified atom stereocenters. The Kier molecular flexibility index (Phi) is 5.95. The summed E-state index contributed by atoms with van der Waals surface area (Å²) in [7, 11) is 0. The minimum atomic E-state index is -0.815. The molecule has 1 amide bonds. The summed E-state index contributed by atoms with van der Waals surface area (Å²) in [5.74, 6) is -1.07. The first-order valence-corrected chi connectivity index (χ1v) is 12.7.